The van der Waals surface area contributed by atoms with Gasteiger partial charge in [-0.25, -0.2) is 4.79 Å². The normalized spacial score (nSPS) is 17.1. The number of hydrogen-bond donors (Lipinski definition) is 3. The van der Waals surface area contributed by atoms with Crippen molar-refractivity contribution in [2.24, 2.45) is 12.8 Å². The van der Waals surface area contributed by atoms with E-state index in [-0.39, 0.29) is 6.04 Å². The highest BCUT2D eigenvalue weighted by Crippen LogP contribution is 2.32. The van der Waals surface area contributed by atoms with Crippen molar-refractivity contribution in [2.45, 2.75) is 25.3 Å². The van der Waals surface area contributed by atoms with Crippen molar-refractivity contribution in [2.75, 3.05) is 10.6 Å². The summed E-state index contributed by atoms with van der Waals surface area (Å²) in [6.45, 7) is 0. The summed E-state index contributed by atoms with van der Waals surface area (Å²) in [5.41, 5.74) is 9.40. The molecule has 1 atom stereocenters. The van der Waals surface area contributed by atoms with Crippen LogP contribution in [0.4, 0.5) is 16.2 Å². The molecular formula is C15H19N5O. The lowest BCUT2D eigenvalue weighted by Gasteiger charge is -2.24. The molecule has 6 heteroatoms. The highest BCUT2D eigenvalue weighted by Gasteiger charge is 2.23. The van der Waals surface area contributed by atoms with Gasteiger partial charge in [0.05, 0.1) is 12.2 Å². The number of aryl methyl sites for hydroxylation is 1. The van der Waals surface area contributed by atoms with Crippen LogP contribution in [-0.4, -0.2) is 15.8 Å². The van der Waals surface area contributed by atoms with Crippen molar-refractivity contribution < 1.29 is 4.79 Å². The Morgan fingerprint density at radius 1 is 1.33 bits per heavy atom. The number of nitrogens with zero attached hydrogens (tertiary/aromatic N) is 2. The number of nitrogens with one attached hydrogen (secondary N) is 2. The lowest BCUT2D eigenvalue weighted by atomic mass is 9.93. The quantitative estimate of drug-likeness (QED) is 0.809. The third-order valence-electron chi connectivity index (χ3n) is 3.87. The highest BCUT2D eigenvalue weighted by molar-refractivity contribution is 5.87. The first-order valence-electron chi connectivity index (χ1n) is 7.07. The summed E-state index contributed by atoms with van der Waals surface area (Å²) in [4.78, 5) is 10.8. The Morgan fingerprint density at radius 2 is 2.05 bits per heavy atom. The zero-order chi connectivity index (χ0) is 14.8. The molecule has 0 radical (unpaired) electrons. The first-order chi connectivity index (χ1) is 10.1. The number of fused-ring (bicyclic) bond motifs is 1. The first kappa shape index (κ1) is 13.5. The number of anilines is 2. The number of carbonyl (C=O) groups is 1. The highest BCUT2D eigenvalue weighted by atomic mass is 16.2. The SMILES string of the molecule is Cn1ncc2c1CCCC2Nc1ccc(NC(N)=O)cc1. The molecule has 0 bridgehead atoms. The molecule has 1 heterocycles. The van der Waals surface area contributed by atoms with E-state index in [1.807, 2.05) is 42.2 Å². The van der Waals surface area contributed by atoms with Gasteiger partial charge in [0.1, 0.15) is 0 Å². The van der Waals surface area contributed by atoms with Crippen molar-refractivity contribution >= 4 is 17.4 Å². The largest absolute Gasteiger partial charge is 0.378 e. The Hall–Kier alpha value is -2.50. The molecule has 0 aliphatic heterocycles. The van der Waals surface area contributed by atoms with E-state index in [1.165, 1.54) is 11.3 Å². The number of carbonyl (C=O) groups excluding carboxylic acids is 1. The van der Waals surface area contributed by atoms with Crippen LogP contribution in [0.3, 0.4) is 0 Å². The van der Waals surface area contributed by atoms with Crippen molar-refractivity contribution in [1.29, 1.82) is 0 Å². The predicted octanol–water partition coefficient (Wildman–Crippen LogP) is 2.40. The molecule has 4 N–H and O–H groups in total. The zero-order valence-corrected chi connectivity index (χ0v) is 12.0. The van der Waals surface area contributed by atoms with E-state index in [0.717, 1.165) is 24.9 Å². The van der Waals surface area contributed by atoms with Gasteiger partial charge in [-0.05, 0) is 43.5 Å². The molecule has 1 unspecified atom stereocenters. The van der Waals surface area contributed by atoms with Gasteiger partial charge >= 0.3 is 6.03 Å². The summed E-state index contributed by atoms with van der Waals surface area (Å²) < 4.78 is 1.96. The van der Waals surface area contributed by atoms with E-state index in [0.29, 0.717) is 5.69 Å². The summed E-state index contributed by atoms with van der Waals surface area (Å²) in [7, 11) is 1.99. The fourth-order valence-corrected chi connectivity index (χ4v) is 2.85. The van der Waals surface area contributed by atoms with Crippen molar-refractivity contribution in [3.05, 3.63) is 41.7 Å². The standard InChI is InChI=1S/C15H19N5O/c1-20-14-4-2-3-13(12(14)9-17-20)18-10-5-7-11(8-6-10)19-15(16)21/h5-9,13,18H,2-4H2,1H3,(H3,16,19,21). The first-order valence-corrected chi connectivity index (χ1v) is 7.07. The molecule has 3 rings (SSSR count). The third kappa shape index (κ3) is 2.84. The number of hydrogen-bond acceptors (Lipinski definition) is 3. The van der Waals surface area contributed by atoms with Crippen LogP contribution in [0, 0.1) is 0 Å². The number of rotatable bonds is 3. The average molecular weight is 285 g/mol. The van der Waals surface area contributed by atoms with Crippen molar-refractivity contribution in [3.8, 4) is 0 Å². The second kappa shape index (κ2) is 5.47. The number of urea groups is 1. The van der Waals surface area contributed by atoms with Gasteiger partial charge in [0.2, 0.25) is 0 Å². The Labute approximate surface area is 123 Å². The van der Waals surface area contributed by atoms with Gasteiger partial charge in [-0.2, -0.15) is 5.10 Å². The van der Waals surface area contributed by atoms with E-state index in [2.05, 4.69) is 15.7 Å². The van der Waals surface area contributed by atoms with Crippen LogP contribution >= 0.6 is 0 Å². The van der Waals surface area contributed by atoms with Gasteiger partial charge in [-0.1, -0.05) is 0 Å². The maximum Gasteiger partial charge on any atom is 0.316 e. The number of benzene rings is 1. The number of aromatic nitrogens is 2. The maximum absolute atomic E-state index is 10.8. The minimum Gasteiger partial charge on any atom is -0.378 e. The molecule has 1 aliphatic rings. The van der Waals surface area contributed by atoms with Crippen LogP contribution in [0.2, 0.25) is 0 Å². The van der Waals surface area contributed by atoms with Gasteiger partial charge in [0.25, 0.3) is 0 Å². The van der Waals surface area contributed by atoms with E-state index >= 15 is 0 Å². The molecule has 21 heavy (non-hydrogen) atoms. The molecule has 110 valence electrons. The Morgan fingerprint density at radius 3 is 2.76 bits per heavy atom. The van der Waals surface area contributed by atoms with Gasteiger partial charge < -0.3 is 16.4 Å². The molecular weight excluding hydrogens is 266 g/mol. The smallest absolute Gasteiger partial charge is 0.316 e. The van der Waals surface area contributed by atoms with Gasteiger partial charge in [0.15, 0.2) is 0 Å². The minimum atomic E-state index is -0.553. The van der Waals surface area contributed by atoms with Gasteiger partial charge in [0, 0.05) is 29.7 Å². The van der Waals surface area contributed by atoms with E-state index in [9.17, 15) is 4.79 Å². The zero-order valence-electron chi connectivity index (χ0n) is 12.0. The second-order valence-corrected chi connectivity index (χ2v) is 5.33. The third-order valence-corrected chi connectivity index (χ3v) is 3.87. The van der Waals surface area contributed by atoms with Crippen LogP contribution in [0.1, 0.15) is 30.1 Å². The molecule has 1 aliphatic carbocycles. The molecule has 2 amide bonds. The molecule has 2 aromatic rings. The summed E-state index contributed by atoms with van der Waals surface area (Å²) >= 11 is 0. The maximum atomic E-state index is 10.8. The molecule has 6 nitrogen and oxygen atoms in total. The monoisotopic (exact) mass is 285 g/mol. The summed E-state index contributed by atoms with van der Waals surface area (Å²) in [6, 6.07) is 7.28. The molecule has 0 fully saturated rings. The van der Waals surface area contributed by atoms with Crippen LogP contribution in [-0.2, 0) is 13.5 Å². The van der Waals surface area contributed by atoms with Crippen LogP contribution in [0.15, 0.2) is 30.5 Å². The Bertz CT molecular complexity index is 647. The second-order valence-electron chi connectivity index (χ2n) is 5.33. The molecule has 1 aromatic carbocycles. The Balaban J connectivity index is 1.74. The summed E-state index contributed by atoms with van der Waals surface area (Å²) in [5, 5.41) is 10.4. The van der Waals surface area contributed by atoms with Crippen LogP contribution < -0.4 is 16.4 Å². The lowest BCUT2D eigenvalue weighted by Crippen LogP contribution is -2.19. The topological polar surface area (TPSA) is 85.0 Å². The van der Waals surface area contributed by atoms with Crippen molar-refractivity contribution in [3.63, 3.8) is 0 Å². The molecule has 0 spiro atoms. The van der Waals surface area contributed by atoms with E-state index < -0.39 is 6.03 Å². The molecule has 0 saturated carbocycles. The predicted molar refractivity (Wildman–Crippen MR) is 82.2 cm³/mol. The number of nitrogens with two attached hydrogens (primary N) is 1. The van der Waals surface area contributed by atoms with Crippen LogP contribution in [0.25, 0.3) is 0 Å². The minimum absolute atomic E-state index is 0.289. The van der Waals surface area contributed by atoms with E-state index in [1.54, 1.807) is 0 Å². The summed E-state index contributed by atoms with van der Waals surface area (Å²) in [5.74, 6) is 0. The van der Waals surface area contributed by atoms with Gasteiger partial charge in [-0.3, -0.25) is 4.68 Å². The number of amides is 2. The average Bonchev–Trinajstić information content (AvgIpc) is 2.83. The molecule has 1 aromatic heterocycles. The number of primary amides is 1. The fraction of sp³-hybridized carbons (Fsp3) is 0.333. The van der Waals surface area contributed by atoms with Crippen LogP contribution in [0.5, 0.6) is 0 Å². The van der Waals surface area contributed by atoms with Crippen molar-refractivity contribution in [1.82, 2.24) is 9.78 Å². The lowest BCUT2D eigenvalue weighted by molar-refractivity contribution is 0.259. The van der Waals surface area contributed by atoms with E-state index in [4.69, 9.17) is 5.73 Å². The van der Waals surface area contributed by atoms with Gasteiger partial charge in [-0.15, -0.1) is 0 Å². The fourth-order valence-electron chi connectivity index (χ4n) is 2.85. The summed E-state index contributed by atoms with van der Waals surface area (Å²) in [6.07, 6.45) is 5.30. The Kier molecular flexibility index (Phi) is 3.51. The molecule has 0 saturated heterocycles.